The molecule has 0 aliphatic carbocycles. The minimum Gasteiger partial charge on any atom is -0.468 e. The number of aldehydes is 1. The fourth-order valence-corrected chi connectivity index (χ4v) is 5.58. The van der Waals surface area contributed by atoms with Gasteiger partial charge >= 0.3 is 5.97 Å². The number of aromatic nitrogens is 2. The minimum atomic E-state index is -0.386. The molecule has 10 nitrogen and oxygen atoms in total. The van der Waals surface area contributed by atoms with Gasteiger partial charge in [-0.25, -0.2) is 0 Å². The molecule has 4 aromatic rings. The second-order valence-corrected chi connectivity index (χ2v) is 11.0. The summed E-state index contributed by atoms with van der Waals surface area (Å²) in [6, 6.07) is 17.6. The van der Waals surface area contributed by atoms with E-state index in [1.54, 1.807) is 18.3 Å². The number of nitrogens with one attached hydrogen (secondary N) is 2. The molecule has 3 heterocycles. The van der Waals surface area contributed by atoms with E-state index in [0.717, 1.165) is 53.6 Å². The lowest BCUT2D eigenvalue weighted by atomic mass is 9.94. The lowest BCUT2D eigenvalue weighted by molar-refractivity contribution is -0.148. The maximum Gasteiger partial charge on any atom is 0.323 e. The molecule has 10 heteroatoms. The van der Waals surface area contributed by atoms with E-state index in [2.05, 4.69) is 25.5 Å². The van der Waals surface area contributed by atoms with Crippen molar-refractivity contribution in [3.8, 4) is 11.1 Å². The number of ether oxygens (including phenoxy) is 1. The van der Waals surface area contributed by atoms with Gasteiger partial charge in [0, 0.05) is 35.9 Å². The van der Waals surface area contributed by atoms with Gasteiger partial charge in [0.1, 0.15) is 17.4 Å². The summed E-state index contributed by atoms with van der Waals surface area (Å²) in [6.45, 7) is 5.21. The van der Waals surface area contributed by atoms with E-state index < -0.39 is 0 Å². The normalized spacial score (nSPS) is 14.8. The number of amides is 2. The number of methoxy groups -OCH3 is 1. The third kappa shape index (κ3) is 7.13. The molecule has 1 atom stereocenters. The van der Waals surface area contributed by atoms with Crippen LogP contribution in [0.25, 0.3) is 11.1 Å². The van der Waals surface area contributed by atoms with Crippen LogP contribution in [0.15, 0.2) is 73.1 Å². The molecule has 1 fully saturated rings. The van der Waals surface area contributed by atoms with Gasteiger partial charge in [-0.3, -0.25) is 34.0 Å². The van der Waals surface area contributed by atoms with E-state index in [1.165, 1.54) is 19.4 Å². The summed E-state index contributed by atoms with van der Waals surface area (Å²) in [5, 5.41) is 5.90. The zero-order valence-corrected chi connectivity index (χ0v) is 25.5. The Morgan fingerprint density at radius 1 is 0.844 bits per heavy atom. The molecule has 0 bridgehead atoms. The Balaban J connectivity index is 1.29. The highest BCUT2D eigenvalue weighted by molar-refractivity contribution is 6.05. The monoisotopic (exact) mass is 605 g/mol. The van der Waals surface area contributed by atoms with Crippen molar-refractivity contribution in [2.45, 2.75) is 45.7 Å². The molecule has 2 aromatic carbocycles. The Kier molecular flexibility index (Phi) is 9.74. The van der Waals surface area contributed by atoms with Crippen molar-refractivity contribution in [2.24, 2.45) is 0 Å². The van der Waals surface area contributed by atoms with Crippen LogP contribution in [0.3, 0.4) is 0 Å². The van der Waals surface area contributed by atoms with Crippen LogP contribution in [0.1, 0.15) is 67.3 Å². The van der Waals surface area contributed by atoms with Crippen molar-refractivity contribution in [1.29, 1.82) is 0 Å². The van der Waals surface area contributed by atoms with Crippen LogP contribution in [0.5, 0.6) is 0 Å². The van der Waals surface area contributed by atoms with Crippen molar-refractivity contribution >= 4 is 35.4 Å². The standard InChI is InChI=1S/C35H35N5O5/c1-22-26(27-9-7-11-29(23(27)2)39-34(43)31-16-14-25(21-41)19-37-31)8-6-10-28(22)38-33(42)30-15-13-24(18-36-30)20-40-17-5-4-12-32(40)35(44)45-3/h6-11,13-16,18-19,21,32H,4-5,12,17,20H2,1-3H3,(H,38,42)(H,39,43)/t32-/m0/s1. The van der Waals surface area contributed by atoms with E-state index >= 15 is 0 Å². The summed E-state index contributed by atoms with van der Waals surface area (Å²) < 4.78 is 4.98. The highest BCUT2D eigenvalue weighted by Crippen LogP contribution is 2.34. The third-order valence-corrected chi connectivity index (χ3v) is 8.14. The van der Waals surface area contributed by atoms with Crippen molar-refractivity contribution < 1.29 is 23.9 Å². The molecule has 1 saturated heterocycles. The minimum absolute atomic E-state index is 0.199. The number of hydrogen-bond donors (Lipinski definition) is 2. The molecule has 1 aliphatic rings. The molecule has 45 heavy (non-hydrogen) atoms. The summed E-state index contributed by atoms with van der Waals surface area (Å²) in [6.07, 6.45) is 6.49. The molecule has 2 aromatic heterocycles. The molecule has 230 valence electrons. The van der Waals surface area contributed by atoms with Crippen molar-refractivity contribution in [3.05, 3.63) is 107 Å². The van der Waals surface area contributed by atoms with Crippen LogP contribution >= 0.6 is 0 Å². The van der Waals surface area contributed by atoms with E-state index in [-0.39, 0.29) is 35.2 Å². The summed E-state index contributed by atoms with van der Waals surface area (Å²) in [5.74, 6) is -0.941. The van der Waals surface area contributed by atoms with Crippen LogP contribution in [0.2, 0.25) is 0 Å². The zero-order valence-electron chi connectivity index (χ0n) is 25.5. The van der Waals surface area contributed by atoms with Gasteiger partial charge < -0.3 is 15.4 Å². The number of pyridine rings is 2. The van der Waals surface area contributed by atoms with Gasteiger partial charge in [0.25, 0.3) is 11.8 Å². The van der Waals surface area contributed by atoms with Gasteiger partial charge in [-0.2, -0.15) is 0 Å². The van der Waals surface area contributed by atoms with Crippen molar-refractivity contribution in [3.63, 3.8) is 0 Å². The molecule has 0 spiro atoms. The average molecular weight is 606 g/mol. The number of carbonyl (C=O) groups is 4. The number of carbonyl (C=O) groups excluding carboxylic acids is 4. The van der Waals surface area contributed by atoms with E-state index in [4.69, 9.17) is 4.74 Å². The number of rotatable bonds is 9. The first-order valence-electron chi connectivity index (χ1n) is 14.8. The van der Waals surface area contributed by atoms with Gasteiger partial charge in [-0.15, -0.1) is 0 Å². The number of piperidine rings is 1. The third-order valence-electron chi connectivity index (χ3n) is 8.14. The van der Waals surface area contributed by atoms with E-state index in [1.807, 2.05) is 56.3 Å². The SMILES string of the molecule is COC(=O)[C@@H]1CCCCN1Cc1ccc(C(=O)Nc2cccc(-c3cccc(NC(=O)c4ccc(C=O)cn4)c3C)c2C)nc1. The molecular weight excluding hydrogens is 570 g/mol. The fourth-order valence-electron chi connectivity index (χ4n) is 5.58. The molecule has 1 aliphatic heterocycles. The highest BCUT2D eigenvalue weighted by Gasteiger charge is 2.29. The molecule has 0 saturated carbocycles. The van der Waals surface area contributed by atoms with E-state index in [0.29, 0.717) is 29.8 Å². The smallest absolute Gasteiger partial charge is 0.323 e. The maximum atomic E-state index is 13.2. The van der Waals surface area contributed by atoms with Crippen LogP contribution in [0.4, 0.5) is 11.4 Å². The average Bonchev–Trinajstić information content (AvgIpc) is 3.07. The molecule has 2 amide bonds. The number of anilines is 2. The Morgan fingerprint density at radius 3 is 1.96 bits per heavy atom. The first-order valence-corrected chi connectivity index (χ1v) is 14.8. The number of hydrogen-bond acceptors (Lipinski definition) is 8. The summed E-state index contributed by atoms with van der Waals surface area (Å²) >= 11 is 0. The molecule has 0 radical (unpaired) electrons. The quantitative estimate of drug-likeness (QED) is 0.186. The number of benzene rings is 2. The van der Waals surface area contributed by atoms with Crippen molar-refractivity contribution in [1.82, 2.24) is 14.9 Å². The van der Waals surface area contributed by atoms with Gasteiger partial charge in [0.05, 0.1) is 7.11 Å². The molecular formula is C35H35N5O5. The summed E-state index contributed by atoms with van der Waals surface area (Å²) in [7, 11) is 1.41. The van der Waals surface area contributed by atoms with Gasteiger partial charge in [-0.05, 0) is 91.4 Å². The number of nitrogens with zero attached hydrogens (tertiary/aromatic N) is 3. The first kappa shape index (κ1) is 31.2. The predicted molar refractivity (Wildman–Crippen MR) is 171 cm³/mol. The maximum absolute atomic E-state index is 13.2. The highest BCUT2D eigenvalue weighted by atomic mass is 16.5. The Bertz CT molecular complexity index is 1720. The van der Waals surface area contributed by atoms with E-state index in [9.17, 15) is 19.2 Å². The van der Waals surface area contributed by atoms with Crippen LogP contribution in [0, 0.1) is 13.8 Å². The zero-order chi connectivity index (χ0) is 31.9. The lowest BCUT2D eigenvalue weighted by Crippen LogP contribution is -2.44. The number of likely N-dealkylation sites (tertiary alicyclic amines) is 1. The summed E-state index contributed by atoms with van der Waals surface area (Å²) in [5.41, 5.74) is 6.56. The largest absolute Gasteiger partial charge is 0.468 e. The Morgan fingerprint density at radius 2 is 1.44 bits per heavy atom. The molecule has 0 unspecified atom stereocenters. The van der Waals surface area contributed by atoms with Crippen molar-refractivity contribution in [2.75, 3.05) is 24.3 Å². The van der Waals surface area contributed by atoms with Gasteiger partial charge in [0.15, 0.2) is 6.29 Å². The van der Waals surface area contributed by atoms with Crippen LogP contribution in [-0.4, -0.2) is 58.6 Å². The molecule has 2 N–H and O–H groups in total. The second kappa shape index (κ2) is 14.0. The molecule has 5 rings (SSSR count). The van der Waals surface area contributed by atoms with Crippen LogP contribution < -0.4 is 10.6 Å². The Labute approximate surface area is 261 Å². The summed E-state index contributed by atoms with van der Waals surface area (Å²) in [4.78, 5) is 59.7. The second-order valence-electron chi connectivity index (χ2n) is 11.0. The predicted octanol–water partition coefficient (Wildman–Crippen LogP) is 5.61. The van der Waals surface area contributed by atoms with Gasteiger partial charge in [-0.1, -0.05) is 36.8 Å². The first-order chi connectivity index (χ1) is 21.8. The van der Waals surface area contributed by atoms with Crippen LogP contribution in [-0.2, 0) is 16.1 Å². The fraction of sp³-hybridized carbons (Fsp3) is 0.257. The number of esters is 1. The topological polar surface area (TPSA) is 131 Å². The van der Waals surface area contributed by atoms with Gasteiger partial charge in [0.2, 0.25) is 0 Å². The Hall–Kier alpha value is -5.22. The lowest BCUT2D eigenvalue weighted by Gasteiger charge is -2.33.